The zero-order valence-corrected chi connectivity index (χ0v) is 10.8. The summed E-state index contributed by atoms with van der Waals surface area (Å²) in [5.41, 5.74) is 0. The first-order valence-corrected chi connectivity index (χ1v) is 6.40. The van der Waals surface area contributed by atoms with E-state index in [1.165, 1.54) is 11.3 Å². The molecule has 0 fully saturated rings. The summed E-state index contributed by atoms with van der Waals surface area (Å²) >= 11 is 1.52. The van der Waals surface area contributed by atoms with Gasteiger partial charge in [0.15, 0.2) is 0 Å². The van der Waals surface area contributed by atoms with Crippen LogP contribution >= 0.6 is 11.3 Å². The number of carboxylic acid groups (broad SMARTS) is 1. The van der Waals surface area contributed by atoms with Gasteiger partial charge in [-0.2, -0.15) is 0 Å². The third kappa shape index (κ3) is 4.56. The molecule has 0 aliphatic carbocycles. The molecule has 0 saturated heterocycles. The first-order valence-electron chi connectivity index (χ1n) is 5.52. The highest BCUT2D eigenvalue weighted by molar-refractivity contribution is 7.10. The van der Waals surface area contributed by atoms with Crippen LogP contribution in [-0.4, -0.2) is 23.5 Å². The van der Waals surface area contributed by atoms with Gasteiger partial charge in [-0.1, -0.05) is 19.9 Å². The molecule has 1 unspecified atom stereocenters. The van der Waals surface area contributed by atoms with Crippen LogP contribution < -0.4 is 5.32 Å². The van der Waals surface area contributed by atoms with Gasteiger partial charge in [0.05, 0.1) is 12.3 Å². The highest BCUT2D eigenvalue weighted by Gasteiger charge is 2.21. The first-order chi connectivity index (χ1) is 8.00. The molecule has 1 aromatic rings. The van der Waals surface area contributed by atoms with E-state index in [1.54, 1.807) is 0 Å². The van der Waals surface area contributed by atoms with E-state index in [-0.39, 0.29) is 18.4 Å². The summed E-state index contributed by atoms with van der Waals surface area (Å²) in [6, 6.07) is 3.78. The van der Waals surface area contributed by atoms with E-state index < -0.39 is 11.9 Å². The molecule has 1 amide bonds. The molecule has 0 aliphatic rings. The minimum Gasteiger partial charge on any atom is -0.481 e. The Morgan fingerprint density at radius 1 is 1.47 bits per heavy atom. The number of carbonyl (C=O) groups is 2. The second-order valence-electron chi connectivity index (χ2n) is 4.25. The lowest BCUT2D eigenvalue weighted by molar-refractivity contribution is -0.143. The Kier molecular flexibility index (Phi) is 5.15. The fourth-order valence-corrected chi connectivity index (χ4v) is 2.17. The number of amides is 1. The van der Waals surface area contributed by atoms with Gasteiger partial charge in [0.25, 0.3) is 0 Å². The van der Waals surface area contributed by atoms with E-state index in [2.05, 4.69) is 5.32 Å². The lowest BCUT2D eigenvalue weighted by Gasteiger charge is -2.16. The minimum absolute atomic E-state index is 0.00883. The summed E-state index contributed by atoms with van der Waals surface area (Å²) in [7, 11) is 0. The lowest BCUT2D eigenvalue weighted by atomic mass is 9.96. The fourth-order valence-electron chi connectivity index (χ4n) is 1.47. The van der Waals surface area contributed by atoms with Crippen LogP contribution in [0.15, 0.2) is 17.5 Å². The molecule has 0 bridgehead atoms. The Morgan fingerprint density at radius 3 is 2.65 bits per heavy atom. The Morgan fingerprint density at radius 2 is 2.18 bits per heavy atom. The monoisotopic (exact) mass is 255 g/mol. The predicted molar refractivity (Wildman–Crippen MR) is 67.0 cm³/mol. The lowest BCUT2D eigenvalue weighted by Crippen LogP contribution is -2.36. The van der Waals surface area contributed by atoms with Crippen LogP contribution in [0.3, 0.4) is 0 Å². The Bertz CT molecular complexity index is 373. The van der Waals surface area contributed by atoms with Crippen molar-refractivity contribution in [1.29, 1.82) is 0 Å². The van der Waals surface area contributed by atoms with E-state index in [0.29, 0.717) is 6.42 Å². The minimum atomic E-state index is -0.864. The van der Waals surface area contributed by atoms with E-state index >= 15 is 0 Å². The van der Waals surface area contributed by atoms with Crippen LogP contribution in [0, 0.1) is 11.8 Å². The van der Waals surface area contributed by atoms with Gasteiger partial charge in [0.1, 0.15) is 0 Å². The summed E-state index contributed by atoms with van der Waals surface area (Å²) < 4.78 is 0. The number of hydrogen-bond donors (Lipinski definition) is 2. The van der Waals surface area contributed by atoms with Crippen LogP contribution in [-0.2, 0) is 16.0 Å². The maximum absolute atomic E-state index is 11.6. The SMILES string of the molecule is CC(C)C(CNC(=O)Cc1cccs1)C(=O)O. The summed E-state index contributed by atoms with van der Waals surface area (Å²) in [6.45, 7) is 3.87. The highest BCUT2D eigenvalue weighted by atomic mass is 32.1. The average Bonchev–Trinajstić information content (AvgIpc) is 2.69. The van der Waals surface area contributed by atoms with Gasteiger partial charge in [-0.25, -0.2) is 0 Å². The molecule has 1 heterocycles. The van der Waals surface area contributed by atoms with E-state index in [9.17, 15) is 9.59 Å². The van der Waals surface area contributed by atoms with Crippen molar-refractivity contribution in [2.24, 2.45) is 11.8 Å². The zero-order valence-electron chi connectivity index (χ0n) is 9.97. The molecule has 2 N–H and O–H groups in total. The molecule has 0 saturated carbocycles. The van der Waals surface area contributed by atoms with Crippen LogP contribution in [0.25, 0.3) is 0 Å². The zero-order chi connectivity index (χ0) is 12.8. The van der Waals surface area contributed by atoms with Crippen molar-refractivity contribution in [2.45, 2.75) is 20.3 Å². The van der Waals surface area contributed by atoms with Crippen molar-refractivity contribution >= 4 is 23.2 Å². The largest absolute Gasteiger partial charge is 0.481 e. The average molecular weight is 255 g/mol. The van der Waals surface area contributed by atoms with Crippen molar-refractivity contribution in [1.82, 2.24) is 5.32 Å². The second-order valence-corrected chi connectivity index (χ2v) is 5.28. The third-order valence-corrected chi connectivity index (χ3v) is 3.43. The maximum Gasteiger partial charge on any atom is 0.308 e. The summed E-state index contributed by atoms with van der Waals surface area (Å²) in [6.07, 6.45) is 0.322. The van der Waals surface area contributed by atoms with Gasteiger partial charge >= 0.3 is 5.97 Å². The normalized spacial score (nSPS) is 12.4. The molecular weight excluding hydrogens is 238 g/mol. The van der Waals surface area contributed by atoms with Gasteiger partial charge in [-0.15, -0.1) is 11.3 Å². The first kappa shape index (κ1) is 13.7. The van der Waals surface area contributed by atoms with Crippen LogP contribution in [0.2, 0.25) is 0 Å². The molecule has 94 valence electrons. The molecule has 1 rings (SSSR count). The molecule has 0 radical (unpaired) electrons. The Labute approximate surface area is 105 Å². The molecule has 1 aromatic heterocycles. The van der Waals surface area contributed by atoms with Gasteiger partial charge in [0, 0.05) is 11.4 Å². The molecular formula is C12H17NO3S. The quantitative estimate of drug-likeness (QED) is 0.814. The van der Waals surface area contributed by atoms with E-state index in [4.69, 9.17) is 5.11 Å². The number of thiophene rings is 1. The number of rotatable bonds is 6. The summed E-state index contributed by atoms with van der Waals surface area (Å²) in [5.74, 6) is -1.51. The Balaban J connectivity index is 2.39. The van der Waals surface area contributed by atoms with Crippen LogP contribution in [0.5, 0.6) is 0 Å². The van der Waals surface area contributed by atoms with Gasteiger partial charge in [0.2, 0.25) is 5.91 Å². The smallest absolute Gasteiger partial charge is 0.308 e. The number of aliphatic carboxylic acids is 1. The number of nitrogens with one attached hydrogen (secondary N) is 1. The standard InChI is InChI=1S/C12H17NO3S/c1-8(2)10(12(15)16)7-13-11(14)6-9-4-3-5-17-9/h3-5,8,10H,6-7H2,1-2H3,(H,13,14)(H,15,16). The van der Waals surface area contributed by atoms with Crippen molar-refractivity contribution < 1.29 is 14.7 Å². The van der Waals surface area contributed by atoms with Crippen molar-refractivity contribution in [3.05, 3.63) is 22.4 Å². The van der Waals surface area contributed by atoms with Crippen molar-refractivity contribution in [3.8, 4) is 0 Å². The van der Waals surface area contributed by atoms with Crippen molar-refractivity contribution in [2.75, 3.05) is 6.54 Å². The van der Waals surface area contributed by atoms with Crippen molar-refractivity contribution in [3.63, 3.8) is 0 Å². The molecule has 0 aromatic carbocycles. The number of carbonyl (C=O) groups excluding carboxylic acids is 1. The molecule has 17 heavy (non-hydrogen) atoms. The van der Waals surface area contributed by atoms with Gasteiger partial charge in [-0.3, -0.25) is 9.59 Å². The molecule has 4 nitrogen and oxygen atoms in total. The molecule has 5 heteroatoms. The molecule has 0 spiro atoms. The highest BCUT2D eigenvalue weighted by Crippen LogP contribution is 2.11. The Hall–Kier alpha value is -1.36. The van der Waals surface area contributed by atoms with E-state index in [1.807, 2.05) is 31.4 Å². The fraction of sp³-hybridized carbons (Fsp3) is 0.500. The molecule has 1 atom stereocenters. The summed E-state index contributed by atoms with van der Waals surface area (Å²) in [4.78, 5) is 23.5. The second kappa shape index (κ2) is 6.39. The third-order valence-electron chi connectivity index (χ3n) is 2.56. The predicted octanol–water partition coefficient (Wildman–Crippen LogP) is 1.76. The summed E-state index contributed by atoms with van der Waals surface area (Å²) in [5, 5.41) is 13.5. The number of carboxylic acids is 1. The van der Waals surface area contributed by atoms with Gasteiger partial charge in [-0.05, 0) is 17.4 Å². The van der Waals surface area contributed by atoms with Crippen LogP contribution in [0.1, 0.15) is 18.7 Å². The molecule has 0 aliphatic heterocycles. The van der Waals surface area contributed by atoms with E-state index in [0.717, 1.165) is 4.88 Å². The van der Waals surface area contributed by atoms with Gasteiger partial charge < -0.3 is 10.4 Å². The van der Waals surface area contributed by atoms with Crippen LogP contribution in [0.4, 0.5) is 0 Å². The topological polar surface area (TPSA) is 66.4 Å². The number of hydrogen-bond acceptors (Lipinski definition) is 3. The maximum atomic E-state index is 11.6.